The molecule has 2 aliphatic heterocycles. The highest BCUT2D eigenvalue weighted by atomic mass is 32.2. The lowest BCUT2D eigenvalue weighted by molar-refractivity contribution is -0.153. The number of nitrogens with zero attached hydrogens (tertiary/aromatic N) is 1. The smallest absolute Gasteiger partial charge is 0.216 e. The van der Waals surface area contributed by atoms with E-state index in [0.29, 0.717) is 51.9 Å². The van der Waals surface area contributed by atoms with Gasteiger partial charge in [0.2, 0.25) is 10.0 Å². The first-order chi connectivity index (χ1) is 13.2. The van der Waals surface area contributed by atoms with Gasteiger partial charge in [0, 0.05) is 12.6 Å². The van der Waals surface area contributed by atoms with Gasteiger partial charge in [-0.05, 0) is 64.7 Å². The molecule has 4 rings (SSSR count). The molecule has 0 aromatic carbocycles. The van der Waals surface area contributed by atoms with Crippen LogP contribution in [-0.2, 0) is 29.3 Å². The Kier molecular flexibility index (Phi) is 5.86. The molecule has 0 spiro atoms. The van der Waals surface area contributed by atoms with Crippen LogP contribution in [-0.4, -0.2) is 74.9 Å². The van der Waals surface area contributed by atoms with Crippen molar-refractivity contribution in [2.45, 2.75) is 92.8 Å². The number of hydrogen-bond acceptors (Lipinski definition) is 6. The highest BCUT2D eigenvalue weighted by molar-refractivity contribution is 7.92. The predicted octanol–water partition coefficient (Wildman–Crippen LogP) is 1.72. The van der Waals surface area contributed by atoms with Gasteiger partial charge in [0.1, 0.15) is 0 Å². The van der Waals surface area contributed by atoms with Gasteiger partial charge in [0.25, 0.3) is 0 Å². The molecular weight excluding hydrogens is 402 g/mol. The standard InChI is InChI=1S/C19H33NO6S2/c1-13(2)28(23,24)20-8-7-14-11-15(3-5-17(14)20)27(21,22)16-4-6-18-19(12-16)26-10-9-25-18/h13-19H,3-12H2,1-2H3. The van der Waals surface area contributed by atoms with Gasteiger partial charge in [-0.1, -0.05) is 0 Å². The Labute approximate surface area is 169 Å². The Balaban J connectivity index is 1.43. The molecule has 162 valence electrons. The Morgan fingerprint density at radius 2 is 1.46 bits per heavy atom. The minimum Gasteiger partial charge on any atom is -0.373 e. The topological polar surface area (TPSA) is 90.0 Å². The third-order valence-corrected chi connectivity index (χ3v) is 12.3. The first-order valence-electron chi connectivity index (χ1n) is 10.7. The number of sulfone groups is 1. The number of rotatable bonds is 4. The summed E-state index contributed by atoms with van der Waals surface area (Å²) in [5.74, 6) is 0.160. The van der Waals surface area contributed by atoms with E-state index < -0.39 is 25.1 Å². The molecule has 2 saturated carbocycles. The third-order valence-electron chi connectivity index (χ3n) is 7.27. The fraction of sp³-hybridized carbons (Fsp3) is 1.00. The first kappa shape index (κ1) is 21.0. The summed E-state index contributed by atoms with van der Waals surface area (Å²) < 4.78 is 65.1. The zero-order valence-electron chi connectivity index (χ0n) is 16.8. The van der Waals surface area contributed by atoms with Crippen molar-refractivity contribution in [3.63, 3.8) is 0 Å². The van der Waals surface area contributed by atoms with Crippen molar-refractivity contribution in [1.29, 1.82) is 0 Å². The SMILES string of the molecule is CC(C)S(=O)(=O)N1CCC2CC(S(=O)(=O)C3CCC4OCCOC4C3)CCC21. The van der Waals surface area contributed by atoms with Crippen molar-refractivity contribution < 1.29 is 26.3 Å². The molecule has 0 radical (unpaired) electrons. The molecule has 0 N–H and O–H groups in total. The van der Waals surface area contributed by atoms with Crippen molar-refractivity contribution >= 4 is 19.9 Å². The second-order valence-electron chi connectivity index (χ2n) is 9.10. The van der Waals surface area contributed by atoms with E-state index >= 15 is 0 Å². The summed E-state index contributed by atoms with van der Waals surface area (Å²) in [6.07, 6.45) is 4.45. The van der Waals surface area contributed by atoms with Crippen LogP contribution in [0.25, 0.3) is 0 Å². The van der Waals surface area contributed by atoms with Crippen LogP contribution in [0.4, 0.5) is 0 Å². The molecule has 9 heteroatoms. The zero-order chi connectivity index (χ0) is 20.1. The Morgan fingerprint density at radius 3 is 2.18 bits per heavy atom. The molecule has 7 nitrogen and oxygen atoms in total. The fourth-order valence-electron chi connectivity index (χ4n) is 5.64. The summed E-state index contributed by atoms with van der Waals surface area (Å²) >= 11 is 0. The lowest BCUT2D eigenvalue weighted by Gasteiger charge is -2.41. The van der Waals surface area contributed by atoms with Gasteiger partial charge in [-0.25, -0.2) is 16.8 Å². The summed E-state index contributed by atoms with van der Waals surface area (Å²) in [4.78, 5) is 0. The predicted molar refractivity (Wildman–Crippen MR) is 106 cm³/mol. The maximum atomic E-state index is 13.4. The lowest BCUT2D eigenvalue weighted by atomic mass is 9.85. The molecule has 2 heterocycles. The van der Waals surface area contributed by atoms with Crippen LogP contribution < -0.4 is 0 Å². The average molecular weight is 436 g/mol. The monoisotopic (exact) mass is 435 g/mol. The van der Waals surface area contributed by atoms with E-state index in [-0.39, 0.29) is 34.7 Å². The second-order valence-corrected chi connectivity index (χ2v) is 14.1. The van der Waals surface area contributed by atoms with Crippen LogP contribution in [0, 0.1) is 5.92 Å². The van der Waals surface area contributed by atoms with E-state index in [1.807, 2.05) is 0 Å². The number of ether oxygens (including phenoxy) is 2. The van der Waals surface area contributed by atoms with Crippen LogP contribution in [0.2, 0.25) is 0 Å². The number of sulfonamides is 1. The second kappa shape index (κ2) is 7.80. The molecule has 4 aliphatic rings. The molecule has 0 bridgehead atoms. The van der Waals surface area contributed by atoms with Gasteiger partial charge in [-0.15, -0.1) is 0 Å². The molecular formula is C19H33NO6S2. The van der Waals surface area contributed by atoms with Gasteiger partial charge in [-0.2, -0.15) is 4.31 Å². The van der Waals surface area contributed by atoms with Crippen molar-refractivity contribution in [2.24, 2.45) is 5.92 Å². The normalized spacial score (nSPS) is 40.2. The molecule has 4 fully saturated rings. The Hall–Kier alpha value is -0.220. The lowest BCUT2D eigenvalue weighted by Crippen LogP contribution is -2.49. The summed E-state index contributed by atoms with van der Waals surface area (Å²) in [5, 5.41) is -1.13. The van der Waals surface area contributed by atoms with Crippen molar-refractivity contribution in [3.05, 3.63) is 0 Å². The maximum Gasteiger partial charge on any atom is 0.216 e. The summed E-state index contributed by atoms with van der Waals surface area (Å²) in [7, 11) is -6.53. The van der Waals surface area contributed by atoms with Gasteiger partial charge >= 0.3 is 0 Å². The van der Waals surface area contributed by atoms with E-state index in [0.717, 1.165) is 12.8 Å². The third kappa shape index (κ3) is 3.66. The quantitative estimate of drug-likeness (QED) is 0.668. The zero-order valence-corrected chi connectivity index (χ0v) is 18.5. The van der Waals surface area contributed by atoms with Crippen molar-refractivity contribution in [3.8, 4) is 0 Å². The van der Waals surface area contributed by atoms with Crippen LogP contribution >= 0.6 is 0 Å². The summed E-state index contributed by atoms with van der Waals surface area (Å²) in [6.45, 7) is 5.10. The first-order valence-corrected chi connectivity index (χ1v) is 13.8. The highest BCUT2D eigenvalue weighted by Gasteiger charge is 2.49. The van der Waals surface area contributed by atoms with Gasteiger partial charge in [0.05, 0.1) is 41.2 Å². The molecule has 0 aromatic rings. The Morgan fingerprint density at radius 1 is 0.821 bits per heavy atom. The molecule has 6 atom stereocenters. The fourth-order valence-corrected chi connectivity index (χ4v) is 9.64. The van der Waals surface area contributed by atoms with Gasteiger partial charge in [0.15, 0.2) is 9.84 Å². The molecule has 0 aromatic heterocycles. The highest BCUT2D eigenvalue weighted by Crippen LogP contribution is 2.43. The molecule has 28 heavy (non-hydrogen) atoms. The van der Waals surface area contributed by atoms with E-state index in [4.69, 9.17) is 9.47 Å². The molecule has 2 saturated heterocycles. The molecule has 0 amide bonds. The van der Waals surface area contributed by atoms with Crippen LogP contribution in [0.5, 0.6) is 0 Å². The molecule has 6 unspecified atom stereocenters. The summed E-state index contributed by atoms with van der Waals surface area (Å²) in [5.41, 5.74) is 0. The minimum absolute atomic E-state index is 0.0235. The number of hydrogen-bond donors (Lipinski definition) is 0. The van der Waals surface area contributed by atoms with Crippen molar-refractivity contribution in [1.82, 2.24) is 4.31 Å². The minimum atomic E-state index is -3.28. The average Bonchev–Trinajstić information content (AvgIpc) is 3.11. The summed E-state index contributed by atoms with van der Waals surface area (Å²) in [6, 6.07) is -0.0235. The van der Waals surface area contributed by atoms with Crippen LogP contribution in [0.3, 0.4) is 0 Å². The van der Waals surface area contributed by atoms with E-state index in [1.165, 1.54) is 0 Å². The van der Waals surface area contributed by atoms with Crippen molar-refractivity contribution in [2.75, 3.05) is 19.8 Å². The van der Waals surface area contributed by atoms with E-state index in [1.54, 1.807) is 18.2 Å². The Bertz CT molecular complexity index is 780. The maximum absolute atomic E-state index is 13.4. The largest absolute Gasteiger partial charge is 0.373 e. The van der Waals surface area contributed by atoms with Gasteiger partial charge < -0.3 is 9.47 Å². The number of fused-ring (bicyclic) bond motifs is 2. The van der Waals surface area contributed by atoms with E-state index in [9.17, 15) is 16.8 Å². The van der Waals surface area contributed by atoms with E-state index in [2.05, 4.69) is 0 Å². The molecule has 2 aliphatic carbocycles. The van der Waals surface area contributed by atoms with Gasteiger partial charge in [-0.3, -0.25) is 0 Å². The van der Waals surface area contributed by atoms with Crippen LogP contribution in [0.15, 0.2) is 0 Å². The van der Waals surface area contributed by atoms with Crippen LogP contribution in [0.1, 0.15) is 58.8 Å².